The third kappa shape index (κ3) is 6.19. The fourth-order valence-corrected chi connectivity index (χ4v) is 3.28. The Bertz CT molecular complexity index is 878. The molecule has 182 valence electrons. The molecule has 0 bridgehead atoms. The Labute approximate surface area is 213 Å². The molecule has 0 aliphatic carbocycles. The van der Waals surface area contributed by atoms with Crippen molar-refractivity contribution >= 4 is 58.2 Å². The molecule has 0 atom stereocenters. The van der Waals surface area contributed by atoms with Crippen LogP contribution in [0.3, 0.4) is 0 Å². The first-order valence-electron chi connectivity index (χ1n) is 9.76. The van der Waals surface area contributed by atoms with Gasteiger partial charge in [-0.25, -0.2) is 0 Å². The first-order chi connectivity index (χ1) is 14.2. The molecule has 1 aliphatic rings. The van der Waals surface area contributed by atoms with E-state index in [4.69, 9.17) is 23.2 Å². The van der Waals surface area contributed by atoms with Gasteiger partial charge >= 0.3 is 17.1 Å². The summed E-state index contributed by atoms with van der Waals surface area (Å²) in [6, 6.07) is 2.59. The van der Waals surface area contributed by atoms with E-state index in [1.54, 1.807) is 13.8 Å². The van der Waals surface area contributed by atoms with Gasteiger partial charge in [-0.05, 0) is 12.8 Å². The molecule has 0 saturated carbocycles. The summed E-state index contributed by atoms with van der Waals surface area (Å²) >= 11 is 12.1. The number of nitrogens with zero attached hydrogens (tertiary/aromatic N) is 4. The summed E-state index contributed by atoms with van der Waals surface area (Å²) in [5.41, 5.74) is -4.78. The zero-order chi connectivity index (χ0) is 23.8. The summed E-state index contributed by atoms with van der Waals surface area (Å²) in [5.74, 6) is -3.11. The van der Waals surface area contributed by atoms with Crippen LogP contribution in [0.1, 0.15) is 54.4 Å². The van der Waals surface area contributed by atoms with Gasteiger partial charge in [0.25, 0.3) is 0 Å². The number of rotatable bonds is 2. The standard InChI is InChI=1S/C21H28Cl2N4O4.Fe.H2O/c1-7-21(8-2)17(30)26-19(3,4)15(28)24-13-9-11(22)12(23)10-14(13)25-16(29)20(5,6)27-18(21)31;;/h9-10H,7-8H2,1-6H3,(H4,24,25,26,27,28,29,30,31);;1H2/q;+4;/p-3. The molecular weight excluding hydrogens is 515 g/mol. The molecule has 0 spiro atoms. The van der Waals surface area contributed by atoms with Gasteiger partial charge in [-0.15, -0.1) is 11.4 Å². The maximum atomic E-state index is 13.1. The Morgan fingerprint density at radius 3 is 1.27 bits per heavy atom. The number of halogens is 2. The predicted molar refractivity (Wildman–Crippen MR) is 125 cm³/mol. The number of hydrogen-bond donors (Lipinski definition) is 0. The van der Waals surface area contributed by atoms with Crippen LogP contribution in [0, 0.1) is 5.41 Å². The molecule has 12 heteroatoms. The fourth-order valence-electron chi connectivity index (χ4n) is 2.96. The summed E-state index contributed by atoms with van der Waals surface area (Å²) < 4.78 is 0. The van der Waals surface area contributed by atoms with Gasteiger partial charge in [0.15, 0.2) is 0 Å². The van der Waals surface area contributed by atoms with Gasteiger partial charge in [0.1, 0.15) is 0 Å². The molecule has 0 aromatic heterocycles. The summed E-state index contributed by atoms with van der Waals surface area (Å²) in [6.45, 7) is 8.96. The van der Waals surface area contributed by atoms with Gasteiger partial charge in [-0.2, -0.15) is 0 Å². The van der Waals surface area contributed by atoms with Gasteiger partial charge in [0, 0.05) is 11.8 Å². The Morgan fingerprint density at radius 2 is 1.00 bits per heavy atom. The molecule has 1 aromatic carbocycles. The summed E-state index contributed by atoms with van der Waals surface area (Å²) in [6.07, 6.45) is 0.199. The molecule has 0 unspecified atom stereocenters. The van der Waals surface area contributed by atoms with E-state index in [1.165, 1.54) is 39.8 Å². The van der Waals surface area contributed by atoms with Crippen molar-refractivity contribution in [2.45, 2.75) is 65.5 Å². The maximum absolute atomic E-state index is 13.1. The van der Waals surface area contributed by atoms with E-state index in [9.17, 15) is 19.2 Å². The van der Waals surface area contributed by atoms with E-state index in [-0.39, 0.29) is 56.8 Å². The topological polar surface area (TPSA) is 158 Å². The second-order valence-corrected chi connectivity index (χ2v) is 9.14. The average Bonchev–Trinajstić information content (AvgIpc) is 2.65. The minimum atomic E-state index is -1.59. The molecule has 0 fully saturated rings. The van der Waals surface area contributed by atoms with Crippen molar-refractivity contribution in [1.29, 1.82) is 0 Å². The van der Waals surface area contributed by atoms with Gasteiger partial charge in [0.05, 0.1) is 27.3 Å². The molecular formula is C21H27Cl2FeN4O5+. The van der Waals surface area contributed by atoms with Crippen LogP contribution in [-0.4, -0.2) is 34.7 Å². The van der Waals surface area contributed by atoms with Gasteiger partial charge in [0.2, 0.25) is 0 Å². The number of fused-ring (bicyclic) bond motifs is 1. The Hall–Kier alpha value is -1.84. The first kappa shape index (κ1) is 31.2. The Kier molecular flexibility index (Phi) is 10.4. The summed E-state index contributed by atoms with van der Waals surface area (Å²) in [5, 5.41) is 16.3. The van der Waals surface area contributed by atoms with E-state index in [2.05, 4.69) is 21.3 Å². The van der Waals surface area contributed by atoms with Crippen LogP contribution >= 0.6 is 23.2 Å². The number of carbonyl (C=O) groups is 4. The second kappa shape index (κ2) is 11.1. The summed E-state index contributed by atoms with van der Waals surface area (Å²) in [4.78, 5) is 52.0. The van der Waals surface area contributed by atoms with E-state index in [0.29, 0.717) is 0 Å². The molecule has 0 radical (unpaired) electrons. The molecule has 9 nitrogen and oxygen atoms in total. The number of benzene rings is 1. The Balaban J connectivity index is 0.00000512. The number of amides is 4. The second-order valence-electron chi connectivity index (χ2n) is 8.33. The summed E-state index contributed by atoms with van der Waals surface area (Å²) in [7, 11) is 0. The van der Waals surface area contributed by atoms with Crippen LogP contribution in [0.25, 0.3) is 21.3 Å². The van der Waals surface area contributed by atoms with E-state index >= 15 is 0 Å². The molecule has 0 saturated heterocycles. The quantitative estimate of drug-likeness (QED) is 0.282. The van der Waals surface area contributed by atoms with Crippen molar-refractivity contribution in [2.24, 2.45) is 5.41 Å². The van der Waals surface area contributed by atoms with Crippen molar-refractivity contribution in [3.63, 3.8) is 0 Å². The van der Waals surface area contributed by atoms with E-state index in [1.807, 2.05) is 0 Å². The van der Waals surface area contributed by atoms with Crippen molar-refractivity contribution in [3.05, 3.63) is 43.4 Å². The third-order valence-corrected chi connectivity index (χ3v) is 6.02. The number of carbonyl (C=O) groups excluding carboxylic acids is 4. The average molecular weight is 542 g/mol. The molecule has 1 heterocycles. The van der Waals surface area contributed by atoms with Crippen molar-refractivity contribution in [1.82, 2.24) is 0 Å². The van der Waals surface area contributed by atoms with Gasteiger partial charge < -0.3 is 45.9 Å². The van der Waals surface area contributed by atoms with Crippen molar-refractivity contribution < 1.29 is 41.7 Å². The largest absolute Gasteiger partial charge is 4.00 e. The molecule has 1 aromatic rings. The smallest absolute Gasteiger partial charge is 0.643 e. The first-order valence-corrected chi connectivity index (χ1v) is 10.5. The van der Waals surface area contributed by atoms with Crippen LogP contribution in [0.15, 0.2) is 12.1 Å². The van der Waals surface area contributed by atoms with Crippen LogP contribution in [0.5, 0.6) is 0 Å². The van der Waals surface area contributed by atoms with Crippen LogP contribution in [0.2, 0.25) is 10.0 Å². The van der Waals surface area contributed by atoms with Crippen LogP contribution in [0.4, 0.5) is 11.4 Å². The monoisotopic (exact) mass is 541 g/mol. The maximum Gasteiger partial charge on any atom is 4.00 e. The molecule has 1 aliphatic heterocycles. The van der Waals surface area contributed by atoms with Gasteiger partial charge in [-0.1, -0.05) is 88.0 Å². The van der Waals surface area contributed by atoms with E-state index < -0.39 is 40.1 Å². The zero-order valence-electron chi connectivity index (χ0n) is 19.2. The van der Waals surface area contributed by atoms with Crippen LogP contribution in [-0.2, 0) is 41.7 Å². The minimum Gasteiger partial charge on any atom is -0.643 e. The Morgan fingerprint density at radius 1 is 0.697 bits per heavy atom. The van der Waals surface area contributed by atoms with Crippen LogP contribution < -0.4 is 0 Å². The molecule has 3 N–H and O–H groups in total. The minimum absolute atomic E-state index is 0. The zero-order valence-corrected chi connectivity index (χ0v) is 21.8. The normalized spacial score (nSPS) is 19.4. The SMILES string of the molecule is CCC1(CC)C(=O)[N-]C(C)(C)C(=O)[N-]c2cc(Cl)c(Cl)cc2[N-]C(=O)C(C)(C)[N-]C1=O.[Fe+4].[OH3+]. The fraction of sp³-hybridized carbons (Fsp3) is 0.524. The van der Waals surface area contributed by atoms with Gasteiger partial charge in [-0.3, -0.25) is 0 Å². The molecule has 33 heavy (non-hydrogen) atoms. The number of hydrogen-bond acceptors (Lipinski definition) is 4. The van der Waals surface area contributed by atoms with Crippen molar-refractivity contribution in [2.75, 3.05) is 0 Å². The molecule has 2 rings (SSSR count). The predicted octanol–water partition coefficient (Wildman–Crippen LogP) is 5.31. The van der Waals surface area contributed by atoms with E-state index in [0.717, 1.165) is 0 Å². The molecule has 4 amide bonds. The third-order valence-electron chi connectivity index (χ3n) is 5.30. The van der Waals surface area contributed by atoms with Crippen molar-refractivity contribution in [3.8, 4) is 0 Å².